The second-order valence-electron chi connectivity index (χ2n) is 2.19. The lowest BCUT2D eigenvalue weighted by Crippen LogP contribution is -2.29. The molecular weight excluding hydrogens is 153 g/mol. The van der Waals surface area contributed by atoms with E-state index in [1.165, 1.54) is 0 Å². The smallest absolute Gasteiger partial charge is 0.423 e. The molecule has 1 aromatic rings. The normalized spacial score (nSPS) is 8.33. The number of hydrogen-bond acceptors (Lipinski definition) is 3. The van der Waals surface area contributed by atoms with E-state index in [1.54, 1.807) is 24.3 Å². The van der Waals surface area contributed by atoms with Crippen LogP contribution in [0.2, 0.25) is 0 Å². The maximum atomic E-state index is 8.58. The van der Waals surface area contributed by atoms with E-state index in [0.717, 1.165) is 6.54 Å². The van der Waals surface area contributed by atoms with Gasteiger partial charge in [-0.25, -0.2) is 0 Å². The van der Waals surface area contributed by atoms with Crippen molar-refractivity contribution in [2.75, 3.05) is 6.54 Å². The van der Waals surface area contributed by atoms with E-state index in [2.05, 4.69) is 0 Å². The van der Waals surface area contributed by atoms with Crippen molar-refractivity contribution in [1.29, 1.82) is 0 Å². The van der Waals surface area contributed by atoms with Gasteiger partial charge in [-0.05, 0) is 12.0 Å². The molecule has 0 spiro atoms. The molecule has 0 heterocycles. The zero-order valence-electron chi connectivity index (χ0n) is 7.14. The lowest BCUT2D eigenvalue weighted by atomic mass is 9.81. The van der Waals surface area contributed by atoms with Crippen LogP contribution in [-0.4, -0.2) is 23.7 Å². The van der Waals surface area contributed by atoms with Crippen LogP contribution in [0.3, 0.4) is 0 Å². The summed E-state index contributed by atoms with van der Waals surface area (Å²) in [4.78, 5) is 0. The lowest BCUT2D eigenvalue weighted by molar-refractivity contribution is 0.426. The van der Waals surface area contributed by atoms with Gasteiger partial charge in [0.25, 0.3) is 0 Å². The van der Waals surface area contributed by atoms with E-state index in [-0.39, 0.29) is 0 Å². The molecule has 66 valence electrons. The molecule has 0 aromatic heterocycles. The number of benzene rings is 1. The monoisotopic (exact) mass is 167 g/mol. The van der Waals surface area contributed by atoms with Crippen molar-refractivity contribution in [3.63, 3.8) is 0 Å². The molecule has 0 aliphatic heterocycles. The van der Waals surface area contributed by atoms with Gasteiger partial charge in [-0.1, -0.05) is 37.3 Å². The van der Waals surface area contributed by atoms with Crippen LogP contribution < -0.4 is 11.2 Å². The maximum absolute atomic E-state index is 8.58. The first-order valence-electron chi connectivity index (χ1n) is 3.83. The minimum atomic E-state index is -1.34. The summed E-state index contributed by atoms with van der Waals surface area (Å²) in [7, 11) is -1.34. The van der Waals surface area contributed by atoms with Gasteiger partial charge in [0.05, 0.1) is 0 Å². The Bertz CT molecular complexity index is 192. The van der Waals surface area contributed by atoms with Gasteiger partial charge in [-0.2, -0.15) is 0 Å². The largest absolute Gasteiger partial charge is 0.488 e. The molecule has 0 unspecified atom stereocenters. The summed E-state index contributed by atoms with van der Waals surface area (Å²) in [6.45, 7) is 2.65. The predicted molar refractivity (Wildman–Crippen MR) is 51.0 cm³/mol. The summed E-state index contributed by atoms with van der Waals surface area (Å²) in [6.07, 6.45) is 0. The fourth-order valence-electron chi connectivity index (χ4n) is 0.625. The molecular formula is C8H14BNO2. The van der Waals surface area contributed by atoms with E-state index in [0.29, 0.717) is 5.46 Å². The second-order valence-corrected chi connectivity index (χ2v) is 2.19. The molecule has 1 rings (SSSR count). The van der Waals surface area contributed by atoms with Crippen LogP contribution in [0.25, 0.3) is 0 Å². The molecule has 0 aliphatic rings. The molecule has 0 radical (unpaired) electrons. The average Bonchev–Trinajstić information content (AvgIpc) is 2.07. The topological polar surface area (TPSA) is 66.5 Å². The van der Waals surface area contributed by atoms with Crippen LogP contribution >= 0.6 is 0 Å². The van der Waals surface area contributed by atoms with Crippen molar-refractivity contribution >= 4 is 12.6 Å². The quantitative estimate of drug-likeness (QED) is 0.486. The summed E-state index contributed by atoms with van der Waals surface area (Å²) in [6, 6.07) is 8.66. The first-order valence-corrected chi connectivity index (χ1v) is 3.83. The summed E-state index contributed by atoms with van der Waals surface area (Å²) < 4.78 is 0. The molecule has 12 heavy (non-hydrogen) atoms. The first-order chi connectivity index (χ1) is 5.72. The zero-order valence-corrected chi connectivity index (χ0v) is 7.14. The molecule has 4 heteroatoms. The van der Waals surface area contributed by atoms with Gasteiger partial charge in [0, 0.05) is 0 Å². The van der Waals surface area contributed by atoms with Crippen LogP contribution in [-0.2, 0) is 0 Å². The minimum absolute atomic E-state index is 0.525. The highest BCUT2D eigenvalue weighted by Crippen LogP contribution is 1.82. The van der Waals surface area contributed by atoms with Crippen molar-refractivity contribution in [1.82, 2.24) is 0 Å². The van der Waals surface area contributed by atoms with Crippen molar-refractivity contribution in [3.8, 4) is 0 Å². The maximum Gasteiger partial charge on any atom is 0.488 e. The molecule has 1 aromatic carbocycles. The average molecular weight is 167 g/mol. The third-order valence-electron chi connectivity index (χ3n) is 1.10. The van der Waals surface area contributed by atoms with Gasteiger partial charge < -0.3 is 15.8 Å². The highest BCUT2D eigenvalue weighted by molar-refractivity contribution is 6.58. The Morgan fingerprint density at radius 1 is 1.25 bits per heavy atom. The summed E-state index contributed by atoms with van der Waals surface area (Å²) in [5.41, 5.74) is 5.37. The molecule has 0 fully saturated rings. The Morgan fingerprint density at radius 3 is 1.92 bits per heavy atom. The zero-order chi connectivity index (χ0) is 9.40. The fraction of sp³-hybridized carbons (Fsp3) is 0.250. The Morgan fingerprint density at radius 2 is 1.67 bits per heavy atom. The van der Waals surface area contributed by atoms with Crippen molar-refractivity contribution in [3.05, 3.63) is 30.3 Å². The highest BCUT2D eigenvalue weighted by atomic mass is 16.4. The first kappa shape index (κ1) is 11.2. The van der Waals surface area contributed by atoms with Gasteiger partial charge in [0.1, 0.15) is 0 Å². The second kappa shape index (κ2) is 6.85. The van der Waals surface area contributed by atoms with Crippen LogP contribution in [0.15, 0.2) is 30.3 Å². The van der Waals surface area contributed by atoms with E-state index in [9.17, 15) is 0 Å². The third kappa shape index (κ3) is 4.90. The summed E-state index contributed by atoms with van der Waals surface area (Å²) >= 11 is 0. The van der Waals surface area contributed by atoms with Crippen LogP contribution in [0.1, 0.15) is 6.92 Å². The van der Waals surface area contributed by atoms with Gasteiger partial charge in [-0.15, -0.1) is 0 Å². The Balaban J connectivity index is 0.000000354. The Hall–Kier alpha value is -0.835. The molecule has 0 saturated heterocycles. The minimum Gasteiger partial charge on any atom is -0.423 e. The predicted octanol–water partition coefficient (Wildman–Crippen LogP) is -0.669. The Labute approximate surface area is 73.0 Å². The molecule has 0 aliphatic carbocycles. The van der Waals surface area contributed by atoms with Gasteiger partial charge in [-0.3, -0.25) is 0 Å². The molecule has 0 atom stereocenters. The van der Waals surface area contributed by atoms with E-state index >= 15 is 0 Å². The lowest BCUT2D eigenvalue weighted by Gasteiger charge is -1.94. The van der Waals surface area contributed by atoms with Crippen LogP contribution in [0, 0.1) is 0 Å². The van der Waals surface area contributed by atoms with Crippen LogP contribution in [0.4, 0.5) is 0 Å². The van der Waals surface area contributed by atoms with Crippen molar-refractivity contribution < 1.29 is 10.0 Å². The van der Waals surface area contributed by atoms with Gasteiger partial charge in [0.15, 0.2) is 0 Å². The van der Waals surface area contributed by atoms with Crippen LogP contribution in [0.5, 0.6) is 0 Å². The van der Waals surface area contributed by atoms with E-state index in [1.807, 2.05) is 13.0 Å². The summed E-state index contributed by atoms with van der Waals surface area (Å²) in [5.74, 6) is 0. The fourth-order valence-corrected chi connectivity index (χ4v) is 0.625. The molecule has 3 nitrogen and oxygen atoms in total. The van der Waals surface area contributed by atoms with Crippen molar-refractivity contribution in [2.45, 2.75) is 6.92 Å². The molecule has 0 bridgehead atoms. The number of nitrogens with two attached hydrogens (primary N) is 1. The third-order valence-corrected chi connectivity index (χ3v) is 1.10. The van der Waals surface area contributed by atoms with Crippen molar-refractivity contribution in [2.24, 2.45) is 5.73 Å². The number of hydrogen-bond donors (Lipinski definition) is 3. The molecule has 0 amide bonds. The molecule has 0 saturated carbocycles. The SMILES string of the molecule is CCN.OB(O)c1ccccc1. The highest BCUT2D eigenvalue weighted by Gasteiger charge is 2.07. The number of rotatable bonds is 1. The Kier molecular flexibility index (Phi) is 6.37. The van der Waals surface area contributed by atoms with E-state index in [4.69, 9.17) is 15.8 Å². The van der Waals surface area contributed by atoms with Gasteiger partial charge >= 0.3 is 7.12 Å². The van der Waals surface area contributed by atoms with Gasteiger partial charge in [0.2, 0.25) is 0 Å². The standard InChI is InChI=1S/C6H7BO2.C2H7N/c8-7(9)6-4-2-1-3-5-6;1-2-3/h1-5,8-9H;2-3H2,1H3. The van der Waals surface area contributed by atoms with E-state index < -0.39 is 7.12 Å². The molecule has 4 N–H and O–H groups in total. The summed E-state index contributed by atoms with van der Waals surface area (Å²) in [5, 5.41) is 17.2.